The van der Waals surface area contributed by atoms with E-state index in [0.717, 1.165) is 39.7 Å². The summed E-state index contributed by atoms with van der Waals surface area (Å²) < 4.78 is 10.7. The summed E-state index contributed by atoms with van der Waals surface area (Å²) in [7, 11) is 3.36. The molecule has 0 N–H and O–H groups in total. The molecule has 0 heterocycles. The van der Waals surface area contributed by atoms with Crippen LogP contribution in [0.3, 0.4) is 0 Å². The van der Waals surface area contributed by atoms with Crippen LogP contribution in [-0.2, 0) is 0 Å². The monoisotopic (exact) mass is 505 g/mol. The van der Waals surface area contributed by atoms with Crippen LogP contribution in [-0.4, -0.2) is 14.2 Å². The molecule has 0 atom stereocenters. The van der Waals surface area contributed by atoms with Crippen molar-refractivity contribution in [1.82, 2.24) is 0 Å². The Morgan fingerprint density at radius 2 is 0.923 bits per heavy atom. The molecule has 0 aromatic heterocycles. The van der Waals surface area contributed by atoms with Gasteiger partial charge in [0.1, 0.15) is 11.5 Å². The van der Waals surface area contributed by atoms with E-state index < -0.39 is 0 Å². The predicted octanol–water partition coefficient (Wildman–Crippen LogP) is 8.88. The summed E-state index contributed by atoms with van der Waals surface area (Å²) in [6.45, 7) is 0. The molecule has 0 aliphatic heterocycles. The molecule has 39 heavy (non-hydrogen) atoms. The molecule has 188 valence electrons. The Balaban J connectivity index is 1.39. The fourth-order valence-corrected chi connectivity index (χ4v) is 4.89. The fraction of sp³-hybridized carbons (Fsp3) is 0.0556. The molecule has 0 radical (unpaired) electrons. The predicted molar refractivity (Wildman–Crippen MR) is 162 cm³/mol. The van der Waals surface area contributed by atoms with E-state index in [1.807, 2.05) is 24.3 Å². The van der Waals surface area contributed by atoms with E-state index in [2.05, 4.69) is 120 Å². The van der Waals surface area contributed by atoms with Crippen LogP contribution in [0.5, 0.6) is 11.5 Å². The van der Waals surface area contributed by atoms with Crippen LogP contribution in [0.2, 0.25) is 0 Å². The number of rotatable bonds is 5. The molecule has 0 unspecified atom stereocenters. The van der Waals surface area contributed by atoms with Crippen molar-refractivity contribution in [3.05, 3.63) is 139 Å². The lowest BCUT2D eigenvalue weighted by atomic mass is 9.97. The van der Waals surface area contributed by atoms with Crippen molar-refractivity contribution in [3.63, 3.8) is 0 Å². The van der Waals surface area contributed by atoms with E-state index in [4.69, 9.17) is 9.47 Å². The maximum absolute atomic E-state index is 5.37. The number of hydrogen-bond acceptors (Lipinski definition) is 3. The van der Waals surface area contributed by atoms with Gasteiger partial charge >= 0.3 is 0 Å². The number of benzene rings is 6. The van der Waals surface area contributed by atoms with Crippen LogP contribution >= 0.6 is 0 Å². The van der Waals surface area contributed by atoms with Gasteiger partial charge in [-0.1, -0.05) is 60.4 Å². The molecule has 0 aliphatic carbocycles. The maximum Gasteiger partial charge on any atom is 0.119 e. The quantitative estimate of drug-likeness (QED) is 0.172. The first-order chi connectivity index (χ1) is 19.2. The summed E-state index contributed by atoms with van der Waals surface area (Å²) in [6, 6.07) is 43.6. The summed E-state index contributed by atoms with van der Waals surface area (Å²) in [5.41, 5.74) is 5.11. The van der Waals surface area contributed by atoms with Gasteiger partial charge in [0.25, 0.3) is 0 Å². The number of methoxy groups -OCH3 is 2. The highest BCUT2D eigenvalue weighted by atomic mass is 16.5. The van der Waals surface area contributed by atoms with Gasteiger partial charge in [-0.3, -0.25) is 0 Å². The summed E-state index contributed by atoms with van der Waals surface area (Å²) in [5.74, 6) is 8.55. The highest BCUT2D eigenvalue weighted by molar-refractivity contribution is 6.04. The van der Waals surface area contributed by atoms with Gasteiger partial charge in [0, 0.05) is 28.2 Å². The molecule has 0 bridgehead atoms. The first-order valence-corrected chi connectivity index (χ1v) is 12.8. The van der Waals surface area contributed by atoms with Gasteiger partial charge in [0.05, 0.1) is 14.2 Å². The second-order valence-electron chi connectivity index (χ2n) is 9.22. The lowest BCUT2D eigenvalue weighted by Crippen LogP contribution is -2.09. The third kappa shape index (κ3) is 4.89. The largest absolute Gasteiger partial charge is 0.497 e. The molecule has 0 spiro atoms. The summed E-state index contributed by atoms with van der Waals surface area (Å²) in [6.07, 6.45) is 0. The molecular formula is C36H27NO2. The average Bonchev–Trinajstić information content (AvgIpc) is 3.00. The molecule has 3 nitrogen and oxygen atoms in total. The molecule has 3 heteroatoms. The highest BCUT2D eigenvalue weighted by Gasteiger charge is 2.13. The van der Waals surface area contributed by atoms with Crippen molar-refractivity contribution in [2.45, 2.75) is 0 Å². The Morgan fingerprint density at radius 3 is 1.38 bits per heavy atom. The second kappa shape index (κ2) is 10.7. The molecule has 0 amide bonds. The summed E-state index contributed by atoms with van der Waals surface area (Å²) in [5, 5.41) is 4.74. The highest BCUT2D eigenvalue weighted by Crippen LogP contribution is 2.36. The van der Waals surface area contributed by atoms with Gasteiger partial charge in [-0.05, 0) is 100 Å². The number of nitrogens with zero attached hydrogens (tertiary/aromatic N) is 1. The normalized spacial score (nSPS) is 10.6. The fourth-order valence-electron chi connectivity index (χ4n) is 4.89. The van der Waals surface area contributed by atoms with Gasteiger partial charge in [0.2, 0.25) is 0 Å². The van der Waals surface area contributed by atoms with E-state index in [1.54, 1.807) is 14.2 Å². The van der Waals surface area contributed by atoms with Crippen LogP contribution in [0.1, 0.15) is 11.1 Å². The van der Waals surface area contributed by atoms with Gasteiger partial charge in [0.15, 0.2) is 0 Å². The standard InChI is InChI=1S/C36H27NO2/c1-38-32-20-16-30(17-21-32)37(31-18-22-33(39-2)23-19-31)29-14-11-26(12-15-29)13-24-36-34-9-5-3-7-27(34)25-28-8-4-6-10-35(28)36/h3-12,14-23,25H,1-2H3. The van der Waals surface area contributed by atoms with Crippen molar-refractivity contribution < 1.29 is 9.47 Å². The topological polar surface area (TPSA) is 21.7 Å². The molecule has 0 fully saturated rings. The SMILES string of the molecule is COc1ccc(N(c2ccc(C#Cc3c4ccccc4cc4ccccc34)cc2)c2ccc(OC)cc2)cc1. The van der Waals surface area contributed by atoms with Crippen molar-refractivity contribution in [2.75, 3.05) is 19.1 Å². The Labute approximate surface area is 228 Å². The smallest absolute Gasteiger partial charge is 0.119 e. The van der Waals surface area contributed by atoms with Crippen LogP contribution < -0.4 is 14.4 Å². The summed E-state index contributed by atoms with van der Waals surface area (Å²) in [4.78, 5) is 2.20. The molecule has 6 aromatic carbocycles. The summed E-state index contributed by atoms with van der Waals surface area (Å²) >= 11 is 0. The van der Waals surface area contributed by atoms with Crippen LogP contribution in [0.15, 0.2) is 127 Å². The zero-order chi connectivity index (χ0) is 26.6. The Bertz CT molecular complexity index is 1710. The number of fused-ring (bicyclic) bond motifs is 2. The van der Waals surface area contributed by atoms with Crippen molar-refractivity contribution in [2.24, 2.45) is 0 Å². The third-order valence-corrected chi connectivity index (χ3v) is 6.89. The molecular weight excluding hydrogens is 478 g/mol. The van der Waals surface area contributed by atoms with Gasteiger partial charge < -0.3 is 14.4 Å². The maximum atomic E-state index is 5.37. The number of ether oxygens (including phenoxy) is 2. The molecule has 6 aromatic rings. The minimum Gasteiger partial charge on any atom is -0.497 e. The van der Waals surface area contributed by atoms with Gasteiger partial charge in [-0.2, -0.15) is 0 Å². The van der Waals surface area contributed by atoms with Crippen molar-refractivity contribution in [1.29, 1.82) is 0 Å². The lowest BCUT2D eigenvalue weighted by molar-refractivity contribution is 0.415. The third-order valence-electron chi connectivity index (χ3n) is 6.89. The van der Waals surface area contributed by atoms with Crippen LogP contribution in [0, 0.1) is 11.8 Å². The zero-order valence-electron chi connectivity index (χ0n) is 21.9. The van der Waals surface area contributed by atoms with E-state index in [-0.39, 0.29) is 0 Å². The van der Waals surface area contributed by atoms with Gasteiger partial charge in [-0.25, -0.2) is 0 Å². The second-order valence-corrected chi connectivity index (χ2v) is 9.22. The van der Waals surface area contributed by atoms with E-state index in [1.165, 1.54) is 21.5 Å². The minimum atomic E-state index is 0.819. The molecule has 6 rings (SSSR count). The van der Waals surface area contributed by atoms with Gasteiger partial charge in [-0.15, -0.1) is 0 Å². The van der Waals surface area contributed by atoms with E-state index in [9.17, 15) is 0 Å². The molecule has 0 saturated heterocycles. The number of anilines is 3. The van der Waals surface area contributed by atoms with E-state index >= 15 is 0 Å². The lowest BCUT2D eigenvalue weighted by Gasteiger charge is -2.25. The Hall–Kier alpha value is -5.20. The molecule has 0 aliphatic rings. The number of hydrogen-bond donors (Lipinski definition) is 0. The van der Waals surface area contributed by atoms with Crippen molar-refractivity contribution in [3.8, 4) is 23.3 Å². The van der Waals surface area contributed by atoms with Crippen LogP contribution in [0.25, 0.3) is 21.5 Å². The minimum absolute atomic E-state index is 0.819. The van der Waals surface area contributed by atoms with Crippen LogP contribution in [0.4, 0.5) is 17.1 Å². The average molecular weight is 506 g/mol. The van der Waals surface area contributed by atoms with E-state index in [0.29, 0.717) is 0 Å². The first kappa shape index (κ1) is 24.2. The first-order valence-electron chi connectivity index (χ1n) is 12.8. The zero-order valence-corrected chi connectivity index (χ0v) is 21.9. The van der Waals surface area contributed by atoms with Crippen molar-refractivity contribution >= 4 is 38.6 Å². The Kier molecular flexibility index (Phi) is 6.60. The Morgan fingerprint density at radius 1 is 0.487 bits per heavy atom. The molecule has 0 saturated carbocycles.